The maximum absolute atomic E-state index is 12.3. The number of carbonyl (C=O) groups excluding carboxylic acids is 1. The minimum Gasteiger partial charge on any atom is -0.327 e. The van der Waals surface area contributed by atoms with Gasteiger partial charge in [-0.25, -0.2) is 0 Å². The van der Waals surface area contributed by atoms with Gasteiger partial charge in [-0.3, -0.25) is 9.69 Å². The second-order valence-corrected chi connectivity index (χ2v) is 7.17. The molecule has 1 aliphatic heterocycles. The molecule has 1 saturated carbocycles. The summed E-state index contributed by atoms with van der Waals surface area (Å²) in [4.78, 5) is 14.5. The number of halogens is 3. The van der Waals surface area contributed by atoms with Gasteiger partial charge in [0, 0.05) is 19.1 Å². The van der Waals surface area contributed by atoms with Crippen LogP contribution in [0.25, 0.3) is 0 Å². The molecule has 7 heteroatoms. The highest BCUT2D eigenvalue weighted by atomic mass is 35.5. The summed E-state index contributed by atoms with van der Waals surface area (Å²) < 4.78 is 0. The standard InChI is InChI=1S/C16H21Cl2N3O.ClH/c17-12-4-2-5-13(18)16(12)20-15(22)9-21-7-10-3-1-6-14(19)11(10)8-21;/h2,4-5,10-11,14H,1,3,6-9,19H2,(H,20,22);1H. The number of fused-ring (bicyclic) bond motifs is 1. The first kappa shape index (κ1) is 18.8. The Morgan fingerprint density at radius 2 is 1.96 bits per heavy atom. The van der Waals surface area contributed by atoms with Crippen LogP contribution >= 0.6 is 35.6 Å². The lowest BCUT2D eigenvalue weighted by Crippen LogP contribution is -2.38. The molecule has 3 unspecified atom stereocenters. The summed E-state index contributed by atoms with van der Waals surface area (Å²) in [5, 5.41) is 3.74. The van der Waals surface area contributed by atoms with Crippen molar-refractivity contribution in [2.75, 3.05) is 25.0 Å². The molecule has 3 rings (SSSR count). The van der Waals surface area contributed by atoms with Crippen LogP contribution in [0.2, 0.25) is 10.0 Å². The second kappa shape index (κ2) is 8.04. The number of anilines is 1. The maximum atomic E-state index is 12.3. The first-order valence-electron chi connectivity index (χ1n) is 7.76. The average Bonchev–Trinajstić information content (AvgIpc) is 2.87. The van der Waals surface area contributed by atoms with Crippen LogP contribution in [-0.2, 0) is 4.79 Å². The number of benzene rings is 1. The van der Waals surface area contributed by atoms with Gasteiger partial charge < -0.3 is 11.1 Å². The highest BCUT2D eigenvalue weighted by Gasteiger charge is 2.39. The number of rotatable bonds is 3. The molecular formula is C16H22Cl3N3O. The second-order valence-electron chi connectivity index (χ2n) is 6.36. The van der Waals surface area contributed by atoms with Crippen LogP contribution in [0.3, 0.4) is 0 Å². The van der Waals surface area contributed by atoms with Crippen LogP contribution in [0, 0.1) is 11.8 Å². The third-order valence-corrected chi connectivity index (χ3v) is 5.45. The van der Waals surface area contributed by atoms with Crippen molar-refractivity contribution in [3.63, 3.8) is 0 Å². The van der Waals surface area contributed by atoms with E-state index in [0.717, 1.165) is 19.5 Å². The lowest BCUT2D eigenvalue weighted by Gasteiger charge is -2.29. The van der Waals surface area contributed by atoms with Crippen molar-refractivity contribution < 1.29 is 4.79 Å². The minimum atomic E-state index is -0.0813. The fourth-order valence-electron chi connectivity index (χ4n) is 3.74. The van der Waals surface area contributed by atoms with E-state index in [9.17, 15) is 4.79 Å². The number of likely N-dealkylation sites (tertiary alicyclic amines) is 1. The molecule has 2 fully saturated rings. The smallest absolute Gasteiger partial charge is 0.238 e. The van der Waals surface area contributed by atoms with Gasteiger partial charge in [0.15, 0.2) is 0 Å². The van der Waals surface area contributed by atoms with Gasteiger partial charge in [0.25, 0.3) is 0 Å². The van der Waals surface area contributed by atoms with Crippen LogP contribution in [0.5, 0.6) is 0 Å². The van der Waals surface area contributed by atoms with Crippen molar-refractivity contribution in [3.8, 4) is 0 Å². The Labute approximate surface area is 153 Å². The first-order valence-corrected chi connectivity index (χ1v) is 8.52. The van der Waals surface area contributed by atoms with Gasteiger partial charge in [-0.05, 0) is 36.8 Å². The molecule has 0 bridgehead atoms. The molecule has 3 atom stereocenters. The van der Waals surface area contributed by atoms with Crippen LogP contribution in [0.1, 0.15) is 19.3 Å². The lowest BCUT2D eigenvalue weighted by atomic mass is 9.78. The number of hydrogen-bond donors (Lipinski definition) is 2. The van der Waals surface area contributed by atoms with E-state index in [1.54, 1.807) is 18.2 Å². The molecule has 1 heterocycles. The molecule has 1 saturated heterocycles. The quantitative estimate of drug-likeness (QED) is 0.847. The monoisotopic (exact) mass is 377 g/mol. The van der Waals surface area contributed by atoms with Crippen molar-refractivity contribution in [1.29, 1.82) is 0 Å². The Balaban J connectivity index is 0.00000192. The molecular weight excluding hydrogens is 357 g/mol. The zero-order valence-electron chi connectivity index (χ0n) is 12.8. The van der Waals surface area contributed by atoms with Gasteiger partial charge in [0.2, 0.25) is 5.91 Å². The Hall–Kier alpha value is -0.520. The molecule has 2 aliphatic rings. The summed E-state index contributed by atoms with van der Waals surface area (Å²) in [5.74, 6) is 1.09. The van der Waals surface area contributed by atoms with Crippen molar-refractivity contribution >= 4 is 47.2 Å². The van der Waals surface area contributed by atoms with E-state index in [1.807, 2.05) is 0 Å². The molecule has 3 N–H and O–H groups in total. The molecule has 128 valence electrons. The van der Waals surface area contributed by atoms with E-state index < -0.39 is 0 Å². The Kier molecular flexibility index (Phi) is 6.57. The lowest BCUT2D eigenvalue weighted by molar-refractivity contribution is -0.117. The fraction of sp³-hybridized carbons (Fsp3) is 0.562. The number of nitrogens with zero attached hydrogens (tertiary/aromatic N) is 1. The molecule has 23 heavy (non-hydrogen) atoms. The van der Waals surface area contributed by atoms with Gasteiger partial charge in [-0.1, -0.05) is 35.7 Å². The third-order valence-electron chi connectivity index (χ3n) is 4.82. The zero-order valence-corrected chi connectivity index (χ0v) is 15.1. The highest BCUT2D eigenvalue weighted by molar-refractivity contribution is 6.39. The number of nitrogens with one attached hydrogen (secondary N) is 1. The third kappa shape index (κ3) is 4.31. The zero-order chi connectivity index (χ0) is 15.7. The van der Waals surface area contributed by atoms with Gasteiger partial charge in [-0.2, -0.15) is 0 Å². The van der Waals surface area contributed by atoms with Crippen LogP contribution in [0.4, 0.5) is 5.69 Å². The van der Waals surface area contributed by atoms with Gasteiger partial charge in [0.1, 0.15) is 0 Å². The Morgan fingerprint density at radius 1 is 1.26 bits per heavy atom. The van der Waals surface area contributed by atoms with E-state index in [2.05, 4.69) is 10.2 Å². The summed E-state index contributed by atoms with van der Waals surface area (Å²) >= 11 is 12.2. The molecule has 1 aromatic rings. The SMILES string of the molecule is Cl.NC1CCCC2CN(CC(=O)Nc3c(Cl)cccc3Cl)CC12. The number of hydrogen-bond acceptors (Lipinski definition) is 3. The summed E-state index contributed by atoms with van der Waals surface area (Å²) in [6, 6.07) is 5.47. The van der Waals surface area contributed by atoms with Crippen LogP contribution in [-0.4, -0.2) is 36.5 Å². The predicted octanol–water partition coefficient (Wildman–Crippen LogP) is 3.41. The van der Waals surface area contributed by atoms with Gasteiger partial charge >= 0.3 is 0 Å². The molecule has 0 spiro atoms. The number of nitrogens with two attached hydrogens (primary N) is 1. The molecule has 0 radical (unpaired) electrons. The number of amides is 1. The van der Waals surface area contributed by atoms with Crippen molar-refractivity contribution in [3.05, 3.63) is 28.2 Å². The van der Waals surface area contributed by atoms with E-state index in [4.69, 9.17) is 28.9 Å². The Bertz CT molecular complexity index is 549. The summed E-state index contributed by atoms with van der Waals surface area (Å²) in [7, 11) is 0. The predicted molar refractivity (Wildman–Crippen MR) is 97.6 cm³/mol. The number of carbonyl (C=O) groups is 1. The van der Waals surface area contributed by atoms with Crippen molar-refractivity contribution in [1.82, 2.24) is 4.90 Å². The van der Waals surface area contributed by atoms with Crippen LogP contribution in [0.15, 0.2) is 18.2 Å². The average molecular weight is 379 g/mol. The largest absolute Gasteiger partial charge is 0.327 e. The molecule has 1 aliphatic carbocycles. The first-order chi connectivity index (χ1) is 10.5. The topological polar surface area (TPSA) is 58.4 Å². The summed E-state index contributed by atoms with van der Waals surface area (Å²) in [6.07, 6.45) is 3.54. The molecule has 1 aromatic carbocycles. The molecule has 4 nitrogen and oxygen atoms in total. The minimum absolute atomic E-state index is 0. The van der Waals surface area contributed by atoms with Crippen molar-refractivity contribution in [2.24, 2.45) is 17.6 Å². The summed E-state index contributed by atoms with van der Waals surface area (Å²) in [6.45, 7) is 2.23. The maximum Gasteiger partial charge on any atom is 0.238 e. The van der Waals surface area contributed by atoms with E-state index >= 15 is 0 Å². The molecule has 0 aromatic heterocycles. The highest BCUT2D eigenvalue weighted by Crippen LogP contribution is 2.35. The fourth-order valence-corrected chi connectivity index (χ4v) is 4.23. The normalized spacial score (nSPS) is 27.2. The van der Waals surface area contributed by atoms with Crippen molar-refractivity contribution in [2.45, 2.75) is 25.3 Å². The van der Waals surface area contributed by atoms with Gasteiger partial charge in [-0.15, -0.1) is 12.4 Å². The van der Waals surface area contributed by atoms with Crippen LogP contribution < -0.4 is 11.1 Å². The Morgan fingerprint density at radius 3 is 2.61 bits per heavy atom. The summed E-state index contributed by atoms with van der Waals surface area (Å²) in [5.41, 5.74) is 6.70. The van der Waals surface area contributed by atoms with Gasteiger partial charge in [0.05, 0.1) is 22.3 Å². The van der Waals surface area contributed by atoms with E-state index in [1.165, 1.54) is 12.8 Å². The van der Waals surface area contributed by atoms with E-state index in [0.29, 0.717) is 34.1 Å². The van der Waals surface area contributed by atoms with E-state index in [-0.39, 0.29) is 24.4 Å². The number of para-hydroxylation sites is 1. The molecule has 1 amide bonds.